The molecule has 196 valence electrons. The number of para-hydroxylation sites is 1. The van der Waals surface area contributed by atoms with E-state index in [2.05, 4.69) is 22.5 Å². The van der Waals surface area contributed by atoms with Gasteiger partial charge in [0.25, 0.3) is 0 Å². The van der Waals surface area contributed by atoms with Crippen molar-refractivity contribution in [1.82, 2.24) is 19.7 Å². The zero-order valence-electron chi connectivity index (χ0n) is 21.5. The lowest BCUT2D eigenvalue weighted by Gasteiger charge is -2.43. The van der Waals surface area contributed by atoms with Crippen molar-refractivity contribution in [2.24, 2.45) is 0 Å². The third kappa shape index (κ3) is 5.14. The number of urea groups is 1. The van der Waals surface area contributed by atoms with E-state index >= 15 is 0 Å². The molecule has 9 nitrogen and oxygen atoms in total. The average molecular weight is 507 g/mol. The molecule has 2 fully saturated rings. The number of ether oxygens (including phenoxy) is 3. The van der Waals surface area contributed by atoms with E-state index in [1.54, 1.807) is 26.5 Å². The Morgan fingerprint density at radius 1 is 1.14 bits per heavy atom. The number of carbonyl (C=O) groups excluding carboxylic acids is 1. The number of aromatic nitrogens is 1. The molecule has 3 aliphatic rings. The van der Waals surface area contributed by atoms with Crippen LogP contribution in [0.2, 0.25) is 0 Å². The Morgan fingerprint density at radius 2 is 1.95 bits per heavy atom. The van der Waals surface area contributed by atoms with Crippen molar-refractivity contribution < 1.29 is 23.4 Å². The Hall–Kier alpha value is -3.56. The van der Waals surface area contributed by atoms with Gasteiger partial charge in [-0.05, 0) is 12.1 Å². The Bertz CT molecular complexity index is 1180. The zero-order chi connectivity index (χ0) is 25.8. The fraction of sp³-hybridized carbons (Fsp3) is 0.429. The minimum absolute atomic E-state index is 0.0566. The summed E-state index contributed by atoms with van der Waals surface area (Å²) in [5, 5.41) is 0. The molecule has 37 heavy (non-hydrogen) atoms. The number of benzene rings is 1. The molecule has 2 saturated heterocycles. The molecule has 2 atom stereocenters. The molecule has 5 rings (SSSR count). The number of methoxy groups -OCH3 is 2. The molecular formula is C28H34N4O5. The van der Waals surface area contributed by atoms with Gasteiger partial charge < -0.3 is 28.4 Å². The summed E-state index contributed by atoms with van der Waals surface area (Å²) in [6.07, 6.45) is 8.25. The summed E-state index contributed by atoms with van der Waals surface area (Å²) in [4.78, 5) is 24.1. The minimum Gasteiger partial charge on any atom is -0.500 e. The van der Waals surface area contributed by atoms with E-state index in [1.165, 1.54) is 0 Å². The third-order valence-electron chi connectivity index (χ3n) is 7.32. The molecule has 2 amide bonds. The van der Waals surface area contributed by atoms with Crippen LogP contribution in [0.15, 0.2) is 59.4 Å². The summed E-state index contributed by atoms with van der Waals surface area (Å²) >= 11 is 0. The largest absolute Gasteiger partial charge is 0.500 e. The highest BCUT2D eigenvalue weighted by atomic mass is 16.5. The second-order valence-corrected chi connectivity index (χ2v) is 9.27. The van der Waals surface area contributed by atoms with E-state index in [0.29, 0.717) is 44.5 Å². The monoisotopic (exact) mass is 506 g/mol. The second-order valence-electron chi connectivity index (χ2n) is 9.27. The van der Waals surface area contributed by atoms with Crippen LogP contribution < -0.4 is 4.74 Å². The normalized spacial score (nSPS) is 22.8. The predicted molar refractivity (Wildman–Crippen MR) is 140 cm³/mol. The molecule has 2 unspecified atom stereocenters. The topological polar surface area (TPSA) is 80.5 Å². The van der Waals surface area contributed by atoms with Crippen molar-refractivity contribution in [2.45, 2.75) is 18.5 Å². The van der Waals surface area contributed by atoms with Gasteiger partial charge in [0.2, 0.25) is 5.89 Å². The SMILES string of the molecule is C=Cc1ncc(C2=C(OC)CC(N3CCN(C(=O)N4CCOCC4c4ccccc4OC)CC3)C=C2)o1. The van der Waals surface area contributed by atoms with Crippen LogP contribution in [0, 0.1) is 0 Å². The van der Waals surface area contributed by atoms with Crippen molar-refractivity contribution >= 4 is 17.7 Å². The molecule has 0 spiro atoms. The molecule has 2 aliphatic heterocycles. The van der Waals surface area contributed by atoms with Gasteiger partial charge in [0.05, 0.1) is 45.2 Å². The minimum atomic E-state index is -0.165. The van der Waals surface area contributed by atoms with Crippen LogP contribution in [-0.2, 0) is 9.47 Å². The Labute approximate surface area is 217 Å². The fourth-order valence-electron chi connectivity index (χ4n) is 5.30. The van der Waals surface area contributed by atoms with Crippen LogP contribution in [0.3, 0.4) is 0 Å². The van der Waals surface area contributed by atoms with Crippen LogP contribution in [0.4, 0.5) is 4.79 Å². The molecule has 0 radical (unpaired) electrons. The van der Waals surface area contributed by atoms with E-state index < -0.39 is 0 Å². The number of allylic oxidation sites excluding steroid dienone is 2. The van der Waals surface area contributed by atoms with Crippen molar-refractivity contribution in [3.8, 4) is 5.75 Å². The van der Waals surface area contributed by atoms with Crippen LogP contribution in [-0.4, -0.2) is 91.9 Å². The Morgan fingerprint density at radius 3 is 2.68 bits per heavy atom. The summed E-state index contributed by atoms with van der Waals surface area (Å²) in [5.74, 6) is 2.80. The van der Waals surface area contributed by atoms with Crippen molar-refractivity contribution in [3.63, 3.8) is 0 Å². The summed E-state index contributed by atoms with van der Waals surface area (Å²) in [5.41, 5.74) is 1.88. The molecular weight excluding hydrogens is 472 g/mol. The van der Waals surface area contributed by atoms with Gasteiger partial charge >= 0.3 is 6.03 Å². The van der Waals surface area contributed by atoms with Gasteiger partial charge in [-0.2, -0.15) is 0 Å². The maximum atomic E-state index is 13.6. The number of amides is 2. The first-order valence-corrected chi connectivity index (χ1v) is 12.7. The Balaban J connectivity index is 1.22. The van der Waals surface area contributed by atoms with E-state index in [-0.39, 0.29) is 18.1 Å². The summed E-state index contributed by atoms with van der Waals surface area (Å²) in [6.45, 7) is 8.20. The first-order chi connectivity index (χ1) is 18.1. The number of nitrogens with zero attached hydrogens (tertiary/aromatic N) is 4. The van der Waals surface area contributed by atoms with Crippen molar-refractivity contribution in [1.29, 1.82) is 0 Å². The van der Waals surface area contributed by atoms with E-state index in [4.69, 9.17) is 18.6 Å². The van der Waals surface area contributed by atoms with Crippen LogP contribution in [0.1, 0.15) is 29.7 Å². The van der Waals surface area contributed by atoms with Gasteiger partial charge in [-0.25, -0.2) is 9.78 Å². The van der Waals surface area contributed by atoms with Gasteiger partial charge in [0, 0.05) is 50.7 Å². The fourth-order valence-corrected chi connectivity index (χ4v) is 5.30. The molecule has 9 heteroatoms. The number of rotatable bonds is 6. The lowest BCUT2D eigenvalue weighted by Crippen LogP contribution is -2.56. The van der Waals surface area contributed by atoms with Crippen LogP contribution in [0.5, 0.6) is 5.75 Å². The molecule has 1 aliphatic carbocycles. The Kier molecular flexibility index (Phi) is 7.62. The van der Waals surface area contributed by atoms with Gasteiger partial charge in [0.15, 0.2) is 5.76 Å². The zero-order valence-corrected chi connectivity index (χ0v) is 21.5. The predicted octanol–water partition coefficient (Wildman–Crippen LogP) is 3.82. The van der Waals surface area contributed by atoms with Gasteiger partial charge in [-0.15, -0.1) is 0 Å². The van der Waals surface area contributed by atoms with Gasteiger partial charge in [-0.3, -0.25) is 4.90 Å². The molecule has 1 aromatic heterocycles. The molecule has 2 aromatic rings. The molecule has 0 N–H and O–H groups in total. The smallest absolute Gasteiger partial charge is 0.320 e. The van der Waals surface area contributed by atoms with E-state index in [9.17, 15) is 4.79 Å². The first kappa shape index (κ1) is 25.1. The summed E-state index contributed by atoms with van der Waals surface area (Å²) in [6, 6.07) is 7.94. The van der Waals surface area contributed by atoms with E-state index in [0.717, 1.165) is 42.2 Å². The average Bonchev–Trinajstić information content (AvgIpc) is 3.46. The quantitative estimate of drug-likeness (QED) is 0.589. The second kappa shape index (κ2) is 11.2. The lowest BCUT2D eigenvalue weighted by atomic mass is 9.97. The lowest BCUT2D eigenvalue weighted by molar-refractivity contribution is -0.00188. The number of hydrogen-bond donors (Lipinski definition) is 0. The maximum Gasteiger partial charge on any atom is 0.320 e. The third-order valence-corrected chi connectivity index (χ3v) is 7.32. The van der Waals surface area contributed by atoms with Crippen molar-refractivity contribution in [2.75, 3.05) is 60.2 Å². The summed E-state index contributed by atoms with van der Waals surface area (Å²) in [7, 11) is 3.35. The standard InChI is InChI=1S/C28H34N4O5/c1-4-27-29-18-26(37-27)22-10-9-20(17-25(22)35-3)30-11-13-31(14-12-30)28(33)32-15-16-36-19-23(32)21-7-5-6-8-24(21)34-2/h4-10,18,20,23H,1,11-17,19H2,2-3H3. The van der Waals surface area contributed by atoms with Gasteiger partial charge in [-0.1, -0.05) is 36.9 Å². The number of carbonyl (C=O) groups is 1. The highest BCUT2D eigenvalue weighted by Crippen LogP contribution is 2.33. The number of piperazine rings is 1. The number of hydrogen-bond acceptors (Lipinski definition) is 7. The maximum absolute atomic E-state index is 13.6. The van der Waals surface area contributed by atoms with Crippen molar-refractivity contribution in [3.05, 3.63) is 72.2 Å². The van der Waals surface area contributed by atoms with E-state index in [1.807, 2.05) is 40.1 Å². The van der Waals surface area contributed by atoms with Crippen LogP contribution in [0.25, 0.3) is 11.6 Å². The van der Waals surface area contributed by atoms with Crippen LogP contribution >= 0.6 is 0 Å². The van der Waals surface area contributed by atoms with Gasteiger partial charge in [0.1, 0.15) is 11.5 Å². The number of morpholine rings is 1. The molecule has 3 heterocycles. The molecule has 1 aromatic carbocycles. The number of oxazole rings is 1. The highest BCUT2D eigenvalue weighted by Gasteiger charge is 2.35. The molecule has 0 bridgehead atoms. The highest BCUT2D eigenvalue weighted by molar-refractivity contribution is 5.76. The first-order valence-electron chi connectivity index (χ1n) is 12.7. The molecule has 0 saturated carbocycles. The summed E-state index contributed by atoms with van der Waals surface area (Å²) < 4.78 is 22.8.